The van der Waals surface area contributed by atoms with Crippen LogP contribution >= 0.6 is 0 Å². The fraction of sp³-hybridized carbons (Fsp3) is 0.600. The molecule has 18 heavy (non-hydrogen) atoms. The highest BCUT2D eigenvalue weighted by Gasteiger charge is 2.31. The number of hydrogen-bond acceptors (Lipinski definition) is 2. The zero-order valence-corrected chi connectivity index (χ0v) is 11.5. The summed E-state index contributed by atoms with van der Waals surface area (Å²) in [6.45, 7) is 5.81. The second kappa shape index (κ2) is 5.51. The maximum absolute atomic E-state index is 11.7. The van der Waals surface area contributed by atoms with Gasteiger partial charge in [0.25, 0.3) is 0 Å². The molecule has 1 fully saturated rings. The Balaban J connectivity index is 2.23. The molecule has 1 saturated carbocycles. The van der Waals surface area contributed by atoms with Gasteiger partial charge in [0.2, 0.25) is 0 Å². The number of aromatic amines is 1. The molecule has 0 radical (unpaired) electrons. The average molecular weight is 246 g/mol. The van der Waals surface area contributed by atoms with Crippen LogP contribution in [-0.4, -0.2) is 15.8 Å². The van der Waals surface area contributed by atoms with Crippen LogP contribution in [0.25, 0.3) is 5.57 Å². The van der Waals surface area contributed by atoms with Gasteiger partial charge in [-0.2, -0.15) is 0 Å². The minimum atomic E-state index is 0.156. The van der Waals surface area contributed by atoms with Crippen molar-refractivity contribution in [1.82, 2.24) is 9.97 Å². The summed E-state index contributed by atoms with van der Waals surface area (Å²) in [4.78, 5) is 19.6. The first kappa shape index (κ1) is 13.1. The maximum atomic E-state index is 11.7. The monoisotopic (exact) mass is 246 g/mol. The predicted molar refractivity (Wildman–Crippen MR) is 73.3 cm³/mol. The Kier molecular flexibility index (Phi) is 4.00. The van der Waals surface area contributed by atoms with Gasteiger partial charge in [0.05, 0.1) is 11.9 Å². The van der Waals surface area contributed by atoms with E-state index >= 15 is 0 Å². The van der Waals surface area contributed by atoms with Crippen LogP contribution in [0.1, 0.15) is 63.9 Å². The number of H-pyrrole nitrogens is 1. The Labute approximate surface area is 109 Å². The first-order valence-electron chi connectivity index (χ1n) is 6.82. The molecule has 1 N–H and O–H groups in total. The lowest BCUT2D eigenvalue weighted by molar-refractivity contribution is -0.122. The van der Waals surface area contributed by atoms with E-state index in [1.165, 1.54) is 18.4 Å². The Hall–Kier alpha value is -1.38. The molecule has 1 aromatic heterocycles. The molecule has 2 rings (SSSR count). The molecule has 3 heteroatoms. The van der Waals surface area contributed by atoms with Crippen LogP contribution in [0.3, 0.4) is 0 Å². The van der Waals surface area contributed by atoms with Crippen LogP contribution in [0.4, 0.5) is 0 Å². The van der Waals surface area contributed by atoms with Crippen molar-refractivity contribution in [3.8, 4) is 0 Å². The van der Waals surface area contributed by atoms with Gasteiger partial charge in [0.1, 0.15) is 11.6 Å². The smallest absolute Gasteiger partial charge is 0.133 e. The van der Waals surface area contributed by atoms with Gasteiger partial charge in [-0.1, -0.05) is 18.9 Å². The molecule has 2 atom stereocenters. The fourth-order valence-electron chi connectivity index (χ4n) is 2.83. The highest BCUT2D eigenvalue weighted by molar-refractivity contribution is 5.79. The number of aromatic nitrogens is 2. The minimum absolute atomic E-state index is 0.156. The van der Waals surface area contributed by atoms with E-state index in [2.05, 4.69) is 23.0 Å². The number of carbonyl (C=O) groups is 1. The minimum Gasteiger partial charge on any atom is -0.342 e. The summed E-state index contributed by atoms with van der Waals surface area (Å²) in [6.07, 6.45) is 8.41. The van der Waals surface area contributed by atoms with E-state index in [-0.39, 0.29) is 11.8 Å². The van der Waals surface area contributed by atoms with Crippen LogP contribution in [0, 0.1) is 5.92 Å². The van der Waals surface area contributed by atoms with Crippen molar-refractivity contribution in [3.63, 3.8) is 0 Å². The second-order valence-electron chi connectivity index (χ2n) is 5.26. The summed E-state index contributed by atoms with van der Waals surface area (Å²) in [5.74, 6) is 1.74. The van der Waals surface area contributed by atoms with Gasteiger partial charge in [-0.15, -0.1) is 0 Å². The predicted octanol–water partition coefficient (Wildman–Crippen LogP) is 3.70. The van der Waals surface area contributed by atoms with Crippen molar-refractivity contribution in [2.75, 3.05) is 0 Å². The lowest BCUT2D eigenvalue weighted by Crippen LogP contribution is -2.24. The number of nitrogens with one attached hydrogen (secondary N) is 1. The number of allylic oxidation sites excluding steroid dienone is 2. The highest BCUT2D eigenvalue weighted by Crippen LogP contribution is 2.37. The van der Waals surface area contributed by atoms with Gasteiger partial charge in [0, 0.05) is 11.8 Å². The summed E-state index contributed by atoms with van der Waals surface area (Å²) in [5, 5.41) is 0. The van der Waals surface area contributed by atoms with Gasteiger partial charge in [-0.25, -0.2) is 4.98 Å². The lowest BCUT2D eigenvalue weighted by atomic mass is 9.77. The van der Waals surface area contributed by atoms with Crippen molar-refractivity contribution in [2.45, 2.75) is 52.4 Å². The molecule has 0 aliphatic heterocycles. The van der Waals surface area contributed by atoms with Gasteiger partial charge in [0.15, 0.2) is 0 Å². The maximum Gasteiger partial charge on any atom is 0.133 e. The molecule has 1 aliphatic carbocycles. The first-order chi connectivity index (χ1) is 8.63. The molecule has 1 aliphatic rings. The SMILES string of the molecule is C/C=C(\C)c1cnc(C2CCCCC2C(C)=O)[nH]1. The molecule has 0 saturated heterocycles. The highest BCUT2D eigenvalue weighted by atomic mass is 16.1. The largest absolute Gasteiger partial charge is 0.342 e. The van der Waals surface area contributed by atoms with Crippen molar-refractivity contribution < 1.29 is 4.79 Å². The van der Waals surface area contributed by atoms with Crippen molar-refractivity contribution >= 4 is 11.4 Å². The van der Waals surface area contributed by atoms with Crippen LogP contribution < -0.4 is 0 Å². The third-order valence-electron chi connectivity index (χ3n) is 4.09. The molecule has 1 aromatic rings. The quantitative estimate of drug-likeness (QED) is 0.884. The molecular weight excluding hydrogens is 224 g/mol. The zero-order valence-electron chi connectivity index (χ0n) is 11.5. The van der Waals surface area contributed by atoms with Gasteiger partial charge in [-0.05, 0) is 39.2 Å². The van der Waals surface area contributed by atoms with E-state index in [0.29, 0.717) is 5.78 Å². The Morgan fingerprint density at radius 2 is 2.11 bits per heavy atom. The molecule has 98 valence electrons. The standard InChI is InChI=1S/C15H22N2O/c1-4-10(2)14-9-16-15(17-14)13-8-6-5-7-12(13)11(3)18/h4,9,12-13H,5-8H2,1-3H3,(H,16,17)/b10-4+. The molecule has 0 spiro atoms. The average Bonchev–Trinajstić information content (AvgIpc) is 2.87. The van der Waals surface area contributed by atoms with E-state index < -0.39 is 0 Å². The van der Waals surface area contributed by atoms with E-state index in [9.17, 15) is 4.79 Å². The van der Waals surface area contributed by atoms with Crippen LogP contribution in [0.2, 0.25) is 0 Å². The van der Waals surface area contributed by atoms with E-state index in [1.54, 1.807) is 6.92 Å². The summed E-state index contributed by atoms with van der Waals surface area (Å²) >= 11 is 0. The van der Waals surface area contributed by atoms with Crippen molar-refractivity contribution in [3.05, 3.63) is 23.8 Å². The topological polar surface area (TPSA) is 45.8 Å². The summed E-state index contributed by atoms with van der Waals surface area (Å²) < 4.78 is 0. The molecular formula is C15H22N2O. The number of imidazole rings is 1. The normalized spacial score (nSPS) is 25.2. The number of rotatable bonds is 3. The molecule has 3 nitrogen and oxygen atoms in total. The summed E-state index contributed by atoms with van der Waals surface area (Å²) in [5.41, 5.74) is 2.27. The third-order valence-corrected chi connectivity index (χ3v) is 4.09. The second-order valence-corrected chi connectivity index (χ2v) is 5.26. The van der Waals surface area contributed by atoms with E-state index in [1.807, 2.05) is 13.1 Å². The first-order valence-corrected chi connectivity index (χ1v) is 6.82. The molecule has 0 bridgehead atoms. The Bertz CT molecular complexity index is 459. The third kappa shape index (κ3) is 2.55. The fourth-order valence-corrected chi connectivity index (χ4v) is 2.83. The van der Waals surface area contributed by atoms with E-state index in [0.717, 1.165) is 24.4 Å². The van der Waals surface area contributed by atoms with Crippen LogP contribution in [0.15, 0.2) is 12.3 Å². The van der Waals surface area contributed by atoms with Gasteiger partial charge < -0.3 is 4.98 Å². The molecule has 1 heterocycles. The summed E-state index contributed by atoms with van der Waals surface area (Å²) in [6, 6.07) is 0. The van der Waals surface area contributed by atoms with Crippen LogP contribution in [-0.2, 0) is 4.79 Å². The number of carbonyl (C=O) groups excluding carboxylic acids is 1. The Morgan fingerprint density at radius 3 is 2.78 bits per heavy atom. The zero-order chi connectivity index (χ0) is 13.1. The lowest BCUT2D eigenvalue weighted by Gasteiger charge is -2.28. The van der Waals surface area contributed by atoms with Crippen molar-refractivity contribution in [2.24, 2.45) is 5.92 Å². The summed E-state index contributed by atoms with van der Waals surface area (Å²) in [7, 11) is 0. The molecule has 0 aromatic carbocycles. The number of hydrogen-bond donors (Lipinski definition) is 1. The Morgan fingerprint density at radius 1 is 1.39 bits per heavy atom. The number of Topliss-reactive ketones (excluding diaryl/α,β-unsaturated/α-hetero) is 1. The number of nitrogens with zero attached hydrogens (tertiary/aromatic N) is 1. The van der Waals surface area contributed by atoms with Gasteiger partial charge >= 0.3 is 0 Å². The van der Waals surface area contributed by atoms with Crippen LogP contribution in [0.5, 0.6) is 0 Å². The van der Waals surface area contributed by atoms with Crippen molar-refractivity contribution in [1.29, 1.82) is 0 Å². The molecule has 0 amide bonds. The van der Waals surface area contributed by atoms with Gasteiger partial charge in [-0.3, -0.25) is 4.79 Å². The molecule has 2 unspecified atom stereocenters. The number of ketones is 1. The van der Waals surface area contributed by atoms with E-state index in [4.69, 9.17) is 0 Å².